The van der Waals surface area contributed by atoms with Crippen molar-refractivity contribution in [2.45, 2.75) is 57.4 Å². The molecule has 1 heterocycles. The lowest BCUT2D eigenvalue weighted by Crippen LogP contribution is -2.44. The van der Waals surface area contributed by atoms with Gasteiger partial charge in [0.25, 0.3) is 10.0 Å². The zero-order valence-corrected chi connectivity index (χ0v) is 20.1. The average Bonchev–Trinajstić information content (AvgIpc) is 2.72. The van der Waals surface area contributed by atoms with Crippen molar-refractivity contribution in [2.24, 2.45) is 0 Å². The highest BCUT2D eigenvalue weighted by atomic mass is 35.5. The van der Waals surface area contributed by atoms with Crippen molar-refractivity contribution >= 4 is 27.3 Å². The fourth-order valence-corrected chi connectivity index (χ4v) is 6.77. The fraction of sp³-hybridized carbons (Fsp3) is 0.308. The third kappa shape index (κ3) is 4.41. The van der Waals surface area contributed by atoms with E-state index in [-0.39, 0.29) is 11.9 Å². The summed E-state index contributed by atoms with van der Waals surface area (Å²) >= 11 is 6.23. The first kappa shape index (κ1) is 22.8. The lowest BCUT2D eigenvalue weighted by molar-refractivity contribution is 0.523. The van der Waals surface area contributed by atoms with Crippen LogP contribution in [0.4, 0.5) is 10.1 Å². The molecule has 0 N–H and O–H groups in total. The van der Waals surface area contributed by atoms with Gasteiger partial charge in [-0.05, 0) is 93.0 Å². The first-order valence-corrected chi connectivity index (χ1v) is 12.6. The van der Waals surface area contributed by atoms with Gasteiger partial charge in [0.1, 0.15) is 5.82 Å². The number of hydrogen-bond acceptors (Lipinski definition) is 2. The average molecular weight is 472 g/mol. The molecule has 0 fully saturated rings. The van der Waals surface area contributed by atoms with Crippen LogP contribution in [0.25, 0.3) is 0 Å². The predicted octanol–water partition coefficient (Wildman–Crippen LogP) is 6.55. The lowest BCUT2D eigenvalue weighted by Gasteiger charge is -2.38. The molecular weight excluding hydrogens is 445 g/mol. The zero-order valence-electron chi connectivity index (χ0n) is 18.5. The molecule has 1 atom stereocenters. The molecule has 0 bridgehead atoms. The molecule has 1 aliphatic rings. The van der Waals surface area contributed by atoms with Crippen LogP contribution in [0.3, 0.4) is 0 Å². The number of rotatable bonds is 5. The van der Waals surface area contributed by atoms with Crippen molar-refractivity contribution in [3.63, 3.8) is 0 Å². The van der Waals surface area contributed by atoms with Gasteiger partial charge in [0.05, 0.1) is 10.6 Å². The number of benzene rings is 3. The Kier molecular flexibility index (Phi) is 6.33. The molecule has 1 unspecified atom stereocenters. The smallest absolute Gasteiger partial charge is 0.263 e. The lowest BCUT2D eigenvalue weighted by atomic mass is 9.93. The van der Waals surface area contributed by atoms with E-state index in [0.29, 0.717) is 22.8 Å². The summed E-state index contributed by atoms with van der Waals surface area (Å²) in [5.41, 5.74) is 5.41. The van der Waals surface area contributed by atoms with E-state index in [1.807, 2.05) is 51.1 Å². The van der Waals surface area contributed by atoms with Gasteiger partial charge in [0, 0.05) is 11.1 Å². The second kappa shape index (κ2) is 8.87. The summed E-state index contributed by atoms with van der Waals surface area (Å²) in [5, 5.41) is 0.376. The van der Waals surface area contributed by atoms with Crippen molar-refractivity contribution < 1.29 is 12.8 Å². The number of hydrogen-bond donors (Lipinski definition) is 0. The normalized spacial score (nSPS) is 16.2. The Morgan fingerprint density at radius 3 is 2.44 bits per heavy atom. The van der Waals surface area contributed by atoms with Gasteiger partial charge in [-0.2, -0.15) is 0 Å². The van der Waals surface area contributed by atoms with Crippen LogP contribution in [0, 0.1) is 26.6 Å². The first-order chi connectivity index (χ1) is 15.2. The Hall–Kier alpha value is -2.37. The summed E-state index contributed by atoms with van der Waals surface area (Å²) in [5.74, 6) is -0.375. The number of sulfonamides is 1. The summed E-state index contributed by atoms with van der Waals surface area (Å²) in [6.07, 6.45) is 2.71. The molecule has 6 heteroatoms. The zero-order chi connectivity index (χ0) is 23.0. The molecule has 3 aromatic carbocycles. The SMILES string of the molecule is Cc1ccc(S(=O)(=O)N2c3cc(C)ccc3CCC2CCc2ccc(F)cc2Cl)c(C)c1. The standard InChI is InChI=1S/C26H27ClFNO2S/c1-17-5-13-26(19(3)14-17)32(30,31)29-23(11-8-20-7-10-22(28)16-24(20)27)12-9-21-6-4-18(2)15-25(21)29/h4-7,10,13-16,23H,8-9,11-12H2,1-3H3. The molecule has 1 aliphatic heterocycles. The third-order valence-electron chi connectivity index (χ3n) is 6.19. The summed E-state index contributed by atoms with van der Waals surface area (Å²) in [7, 11) is -3.77. The van der Waals surface area contributed by atoms with Gasteiger partial charge in [-0.15, -0.1) is 0 Å². The molecule has 32 heavy (non-hydrogen) atoms. The molecule has 0 saturated carbocycles. The van der Waals surface area contributed by atoms with Crippen LogP contribution in [0.1, 0.15) is 40.7 Å². The Labute approximate surface area is 194 Å². The molecule has 3 aromatic rings. The molecule has 0 amide bonds. The van der Waals surface area contributed by atoms with E-state index in [9.17, 15) is 12.8 Å². The summed E-state index contributed by atoms with van der Waals surface area (Å²) in [4.78, 5) is 0.335. The summed E-state index contributed by atoms with van der Waals surface area (Å²) in [6, 6.07) is 15.6. The Morgan fingerprint density at radius 1 is 1.00 bits per heavy atom. The van der Waals surface area contributed by atoms with Crippen LogP contribution in [0.5, 0.6) is 0 Å². The van der Waals surface area contributed by atoms with Crippen molar-refractivity contribution in [1.82, 2.24) is 0 Å². The van der Waals surface area contributed by atoms with Gasteiger partial charge < -0.3 is 0 Å². The highest BCUT2D eigenvalue weighted by Gasteiger charge is 2.36. The maximum Gasteiger partial charge on any atom is 0.264 e. The van der Waals surface area contributed by atoms with E-state index in [1.165, 1.54) is 12.1 Å². The predicted molar refractivity (Wildman–Crippen MR) is 129 cm³/mol. The quantitative estimate of drug-likeness (QED) is 0.423. The minimum atomic E-state index is -3.77. The second-order valence-electron chi connectivity index (χ2n) is 8.67. The van der Waals surface area contributed by atoms with Gasteiger partial charge in [-0.3, -0.25) is 4.31 Å². The van der Waals surface area contributed by atoms with E-state index >= 15 is 0 Å². The van der Waals surface area contributed by atoms with Gasteiger partial charge in [0.15, 0.2) is 0 Å². The molecule has 4 rings (SSSR count). The number of aryl methyl sites for hydroxylation is 5. The van der Waals surface area contributed by atoms with Gasteiger partial charge in [-0.1, -0.05) is 47.5 Å². The highest BCUT2D eigenvalue weighted by Crippen LogP contribution is 2.38. The minimum absolute atomic E-state index is 0.212. The summed E-state index contributed by atoms with van der Waals surface area (Å²) < 4.78 is 43.0. The Balaban J connectivity index is 1.75. The molecule has 0 aromatic heterocycles. The van der Waals surface area contributed by atoms with Crippen molar-refractivity contribution in [2.75, 3.05) is 4.31 Å². The van der Waals surface area contributed by atoms with E-state index < -0.39 is 10.0 Å². The number of halogens is 2. The molecule has 0 aliphatic carbocycles. The maximum absolute atomic E-state index is 14.0. The van der Waals surface area contributed by atoms with Gasteiger partial charge in [-0.25, -0.2) is 12.8 Å². The van der Waals surface area contributed by atoms with Crippen molar-refractivity contribution in [3.05, 3.63) is 93.3 Å². The van der Waals surface area contributed by atoms with Crippen molar-refractivity contribution in [3.8, 4) is 0 Å². The van der Waals surface area contributed by atoms with Crippen LogP contribution in [0.2, 0.25) is 5.02 Å². The van der Waals surface area contributed by atoms with Crippen LogP contribution >= 0.6 is 11.6 Å². The maximum atomic E-state index is 14.0. The van der Waals surface area contributed by atoms with E-state index in [1.54, 1.807) is 16.4 Å². The molecule has 0 radical (unpaired) electrons. The van der Waals surface area contributed by atoms with E-state index in [2.05, 4.69) is 0 Å². The van der Waals surface area contributed by atoms with E-state index in [4.69, 9.17) is 11.6 Å². The number of fused-ring (bicyclic) bond motifs is 1. The van der Waals surface area contributed by atoms with Crippen molar-refractivity contribution in [1.29, 1.82) is 0 Å². The van der Waals surface area contributed by atoms with Gasteiger partial charge in [0.2, 0.25) is 0 Å². The van der Waals surface area contributed by atoms with Crippen LogP contribution in [-0.2, 0) is 22.9 Å². The Morgan fingerprint density at radius 2 is 1.72 bits per heavy atom. The second-order valence-corrected chi connectivity index (χ2v) is 10.9. The summed E-state index contributed by atoms with van der Waals surface area (Å²) in [6.45, 7) is 5.77. The van der Waals surface area contributed by atoms with Gasteiger partial charge >= 0.3 is 0 Å². The van der Waals surface area contributed by atoms with E-state index in [0.717, 1.165) is 46.3 Å². The monoisotopic (exact) mass is 471 g/mol. The largest absolute Gasteiger partial charge is 0.264 e. The van der Waals surface area contributed by atoms with Crippen LogP contribution in [-0.4, -0.2) is 14.5 Å². The Bertz CT molecular complexity index is 1270. The first-order valence-electron chi connectivity index (χ1n) is 10.8. The minimum Gasteiger partial charge on any atom is -0.263 e. The molecule has 0 saturated heterocycles. The molecule has 168 valence electrons. The topological polar surface area (TPSA) is 37.4 Å². The highest BCUT2D eigenvalue weighted by molar-refractivity contribution is 7.93. The number of nitrogens with zero attached hydrogens (tertiary/aromatic N) is 1. The van der Waals surface area contributed by atoms with Crippen LogP contribution in [0.15, 0.2) is 59.5 Å². The van der Waals surface area contributed by atoms with Crippen LogP contribution < -0.4 is 4.31 Å². The molecular formula is C26H27ClFNO2S. The third-order valence-corrected chi connectivity index (χ3v) is 8.56. The fourth-order valence-electron chi connectivity index (χ4n) is 4.56. The molecule has 0 spiro atoms. The molecule has 3 nitrogen and oxygen atoms in total. The number of anilines is 1.